The third kappa shape index (κ3) is 2.68. The molecule has 0 radical (unpaired) electrons. The molecule has 0 atom stereocenters. The van der Waals surface area contributed by atoms with Gasteiger partial charge in [-0.3, -0.25) is 5.41 Å². The van der Waals surface area contributed by atoms with Crippen molar-refractivity contribution in [3.8, 4) is 11.5 Å². The van der Waals surface area contributed by atoms with Gasteiger partial charge in [-0.05, 0) is 30.3 Å². The van der Waals surface area contributed by atoms with Crippen LogP contribution in [0.5, 0.6) is 11.5 Å². The fourth-order valence-corrected chi connectivity index (χ4v) is 1.89. The highest BCUT2D eigenvalue weighted by molar-refractivity contribution is 9.10. The Bertz CT molecular complexity index is 601. The molecule has 0 unspecified atom stereocenters. The first kappa shape index (κ1) is 12.6. The second-order valence-corrected chi connectivity index (χ2v) is 4.50. The Labute approximate surface area is 112 Å². The van der Waals surface area contributed by atoms with Gasteiger partial charge < -0.3 is 10.5 Å². The van der Waals surface area contributed by atoms with E-state index in [0.29, 0.717) is 5.75 Å². The van der Waals surface area contributed by atoms with Crippen LogP contribution in [-0.2, 0) is 0 Å². The van der Waals surface area contributed by atoms with Crippen molar-refractivity contribution in [1.29, 1.82) is 5.41 Å². The predicted molar refractivity (Wildman–Crippen MR) is 71.6 cm³/mol. The van der Waals surface area contributed by atoms with Crippen LogP contribution in [0.3, 0.4) is 0 Å². The van der Waals surface area contributed by atoms with Crippen molar-refractivity contribution in [1.82, 2.24) is 0 Å². The lowest BCUT2D eigenvalue weighted by Crippen LogP contribution is -2.14. The van der Waals surface area contributed by atoms with Crippen molar-refractivity contribution in [3.05, 3.63) is 58.3 Å². The molecule has 2 aromatic rings. The van der Waals surface area contributed by atoms with Gasteiger partial charge in [0.05, 0.1) is 5.56 Å². The molecular formula is C13H10BrFN2O. The van der Waals surface area contributed by atoms with Gasteiger partial charge in [-0.1, -0.05) is 28.1 Å². The normalized spacial score (nSPS) is 10.1. The summed E-state index contributed by atoms with van der Waals surface area (Å²) in [5.41, 5.74) is 5.32. The molecule has 0 bridgehead atoms. The van der Waals surface area contributed by atoms with E-state index in [1.165, 1.54) is 12.1 Å². The first-order chi connectivity index (χ1) is 8.58. The molecule has 3 nitrogen and oxygen atoms in total. The summed E-state index contributed by atoms with van der Waals surface area (Å²) >= 11 is 3.32. The fourth-order valence-electron chi connectivity index (χ4n) is 1.51. The number of nitrogen functional groups attached to an aromatic ring is 1. The summed E-state index contributed by atoms with van der Waals surface area (Å²) in [7, 11) is 0. The number of ether oxygens (including phenoxy) is 1. The first-order valence-corrected chi connectivity index (χ1v) is 5.93. The molecular weight excluding hydrogens is 299 g/mol. The molecule has 0 aliphatic heterocycles. The Morgan fingerprint density at radius 1 is 1.22 bits per heavy atom. The van der Waals surface area contributed by atoms with Crippen LogP contribution in [0, 0.1) is 11.2 Å². The summed E-state index contributed by atoms with van der Waals surface area (Å²) < 4.78 is 20.0. The van der Waals surface area contributed by atoms with Gasteiger partial charge in [0.2, 0.25) is 0 Å². The molecule has 0 spiro atoms. The Morgan fingerprint density at radius 3 is 2.61 bits per heavy atom. The van der Waals surface area contributed by atoms with Crippen LogP contribution in [0.1, 0.15) is 5.56 Å². The average molecular weight is 309 g/mol. The highest BCUT2D eigenvalue weighted by Gasteiger charge is 2.13. The van der Waals surface area contributed by atoms with E-state index in [4.69, 9.17) is 15.9 Å². The van der Waals surface area contributed by atoms with E-state index in [-0.39, 0.29) is 17.1 Å². The van der Waals surface area contributed by atoms with Crippen molar-refractivity contribution in [2.45, 2.75) is 0 Å². The highest BCUT2D eigenvalue weighted by Crippen LogP contribution is 2.28. The third-order valence-corrected chi connectivity index (χ3v) is 2.76. The van der Waals surface area contributed by atoms with Crippen LogP contribution in [0.4, 0.5) is 4.39 Å². The number of benzene rings is 2. The van der Waals surface area contributed by atoms with Crippen LogP contribution in [0.2, 0.25) is 0 Å². The number of nitrogens with one attached hydrogen (secondary N) is 1. The van der Waals surface area contributed by atoms with Crippen molar-refractivity contribution < 1.29 is 9.13 Å². The maximum atomic E-state index is 13.6. The number of hydrogen-bond acceptors (Lipinski definition) is 2. The first-order valence-electron chi connectivity index (χ1n) is 5.14. The minimum Gasteiger partial charge on any atom is -0.456 e. The van der Waals surface area contributed by atoms with Gasteiger partial charge in [0.1, 0.15) is 23.2 Å². The molecule has 2 rings (SSSR count). The summed E-state index contributed by atoms with van der Waals surface area (Å²) in [4.78, 5) is 0. The maximum absolute atomic E-state index is 13.6. The van der Waals surface area contributed by atoms with E-state index in [2.05, 4.69) is 15.9 Å². The van der Waals surface area contributed by atoms with Gasteiger partial charge in [0.15, 0.2) is 0 Å². The number of nitrogens with two attached hydrogens (primary N) is 1. The molecule has 0 aromatic heterocycles. The van der Waals surface area contributed by atoms with Crippen LogP contribution in [0.25, 0.3) is 0 Å². The summed E-state index contributed by atoms with van der Waals surface area (Å²) in [5, 5.41) is 7.37. The smallest absolute Gasteiger partial charge is 0.141 e. The third-order valence-electron chi connectivity index (χ3n) is 2.27. The number of amidine groups is 1. The van der Waals surface area contributed by atoms with E-state index < -0.39 is 5.82 Å². The molecule has 0 fully saturated rings. The highest BCUT2D eigenvalue weighted by atomic mass is 79.9. The van der Waals surface area contributed by atoms with Crippen LogP contribution in [-0.4, -0.2) is 5.84 Å². The Hall–Kier alpha value is -1.88. The summed E-state index contributed by atoms with van der Waals surface area (Å²) in [6.45, 7) is 0. The molecule has 0 aliphatic carbocycles. The van der Waals surface area contributed by atoms with Gasteiger partial charge in [0.25, 0.3) is 0 Å². The van der Waals surface area contributed by atoms with Crippen molar-refractivity contribution in [2.24, 2.45) is 5.73 Å². The van der Waals surface area contributed by atoms with Crippen LogP contribution in [0.15, 0.2) is 46.9 Å². The molecule has 2 aromatic carbocycles. The van der Waals surface area contributed by atoms with E-state index in [1.54, 1.807) is 24.3 Å². The van der Waals surface area contributed by atoms with Gasteiger partial charge in [-0.25, -0.2) is 4.39 Å². The number of rotatable bonds is 3. The molecule has 3 N–H and O–H groups in total. The zero-order valence-corrected chi connectivity index (χ0v) is 10.9. The minimum atomic E-state index is -0.574. The Morgan fingerprint density at radius 2 is 1.94 bits per heavy atom. The lowest BCUT2D eigenvalue weighted by molar-refractivity contribution is 0.475. The second kappa shape index (κ2) is 5.18. The Kier molecular flexibility index (Phi) is 3.62. The molecule has 92 valence electrons. The van der Waals surface area contributed by atoms with E-state index in [0.717, 1.165) is 4.47 Å². The lowest BCUT2D eigenvalue weighted by Gasteiger charge is -2.11. The monoisotopic (exact) mass is 308 g/mol. The number of hydrogen-bond donors (Lipinski definition) is 2. The fraction of sp³-hybridized carbons (Fsp3) is 0. The molecule has 0 saturated heterocycles. The van der Waals surface area contributed by atoms with E-state index in [9.17, 15) is 4.39 Å². The molecule has 0 amide bonds. The zero-order chi connectivity index (χ0) is 13.1. The Balaban J connectivity index is 2.40. The maximum Gasteiger partial charge on any atom is 0.141 e. The quantitative estimate of drug-likeness (QED) is 0.671. The van der Waals surface area contributed by atoms with Gasteiger partial charge >= 0.3 is 0 Å². The average Bonchev–Trinajstić information content (AvgIpc) is 2.28. The van der Waals surface area contributed by atoms with Crippen molar-refractivity contribution in [2.75, 3.05) is 0 Å². The largest absolute Gasteiger partial charge is 0.456 e. The van der Waals surface area contributed by atoms with Gasteiger partial charge in [-0.2, -0.15) is 0 Å². The zero-order valence-electron chi connectivity index (χ0n) is 9.28. The van der Waals surface area contributed by atoms with E-state index >= 15 is 0 Å². The van der Waals surface area contributed by atoms with Crippen molar-refractivity contribution >= 4 is 21.8 Å². The second-order valence-electron chi connectivity index (χ2n) is 3.59. The molecule has 18 heavy (non-hydrogen) atoms. The van der Waals surface area contributed by atoms with Gasteiger partial charge in [-0.15, -0.1) is 0 Å². The molecule has 0 aliphatic rings. The van der Waals surface area contributed by atoms with Crippen LogP contribution < -0.4 is 10.5 Å². The SMILES string of the molecule is N=C(N)c1c(F)cccc1Oc1cccc(Br)c1. The summed E-state index contributed by atoms with van der Waals surface area (Å²) in [6.07, 6.45) is 0. The number of halogens is 2. The van der Waals surface area contributed by atoms with Crippen LogP contribution >= 0.6 is 15.9 Å². The summed E-state index contributed by atoms with van der Waals surface area (Å²) in [5.74, 6) is -0.175. The lowest BCUT2D eigenvalue weighted by atomic mass is 10.1. The van der Waals surface area contributed by atoms with E-state index in [1.807, 2.05) is 6.07 Å². The summed E-state index contributed by atoms with van der Waals surface area (Å²) in [6, 6.07) is 11.4. The topological polar surface area (TPSA) is 59.1 Å². The molecule has 0 saturated carbocycles. The standard InChI is InChI=1S/C13H10BrFN2O/c14-8-3-1-4-9(7-8)18-11-6-2-5-10(15)12(11)13(16)17/h1-7H,(H3,16,17). The van der Waals surface area contributed by atoms with Crippen molar-refractivity contribution in [3.63, 3.8) is 0 Å². The molecule has 0 heterocycles. The van der Waals surface area contributed by atoms with Gasteiger partial charge in [0, 0.05) is 4.47 Å². The predicted octanol–water partition coefficient (Wildman–Crippen LogP) is 3.66. The molecule has 5 heteroatoms. The minimum absolute atomic E-state index is 0.0301.